The summed E-state index contributed by atoms with van der Waals surface area (Å²) in [5.74, 6) is 0. The summed E-state index contributed by atoms with van der Waals surface area (Å²) in [5, 5.41) is 76.6. The Morgan fingerprint density at radius 3 is 1.95 bits per heavy atom. The second-order valence-electron chi connectivity index (χ2n) is 5.65. The van der Waals surface area contributed by atoms with Gasteiger partial charge in [0.1, 0.15) is 42.7 Å². The Labute approximate surface area is 125 Å². The normalized spacial score (nSPS) is 53.5. The second-order valence-corrected chi connectivity index (χ2v) is 5.65. The lowest BCUT2D eigenvalue weighted by Crippen LogP contribution is -2.62. The van der Waals surface area contributed by atoms with Gasteiger partial charge < -0.3 is 50.3 Å². The van der Waals surface area contributed by atoms with Crippen LogP contribution in [-0.2, 0) is 9.47 Å². The van der Waals surface area contributed by atoms with Crippen molar-refractivity contribution < 1.29 is 50.3 Å². The van der Waals surface area contributed by atoms with E-state index in [4.69, 9.17) is 14.6 Å². The van der Waals surface area contributed by atoms with Crippen LogP contribution in [0, 0.1) is 0 Å². The molecule has 0 aromatic heterocycles. The first-order valence-electron chi connectivity index (χ1n) is 6.96. The molecule has 0 bridgehead atoms. The van der Waals surface area contributed by atoms with Crippen molar-refractivity contribution in [3.63, 3.8) is 0 Å². The van der Waals surface area contributed by atoms with Crippen molar-refractivity contribution in [2.45, 2.75) is 67.6 Å². The fourth-order valence-corrected chi connectivity index (χ4v) is 2.65. The summed E-state index contributed by atoms with van der Waals surface area (Å²) in [5.41, 5.74) is 0. The molecule has 1 saturated carbocycles. The van der Waals surface area contributed by atoms with E-state index in [0.29, 0.717) is 0 Å². The molecular formula is C12H22O10. The highest BCUT2D eigenvalue weighted by Gasteiger charge is 2.48. The molecule has 1 heterocycles. The topological polar surface area (TPSA) is 180 Å². The van der Waals surface area contributed by atoms with Gasteiger partial charge in [0, 0.05) is 6.42 Å². The van der Waals surface area contributed by atoms with Crippen molar-refractivity contribution in [3.8, 4) is 0 Å². The number of aliphatic hydroxyl groups excluding tert-OH is 8. The maximum Gasteiger partial charge on any atom is 0.187 e. The Morgan fingerprint density at radius 2 is 1.36 bits per heavy atom. The lowest BCUT2D eigenvalue weighted by atomic mass is 9.87. The van der Waals surface area contributed by atoms with Gasteiger partial charge >= 0.3 is 0 Å². The van der Waals surface area contributed by atoms with Gasteiger partial charge in [-0.1, -0.05) is 0 Å². The molecule has 0 amide bonds. The van der Waals surface area contributed by atoms with E-state index in [-0.39, 0.29) is 6.42 Å². The van der Waals surface area contributed by atoms with Crippen molar-refractivity contribution in [1.82, 2.24) is 0 Å². The first-order chi connectivity index (χ1) is 10.3. The maximum absolute atomic E-state index is 9.84. The van der Waals surface area contributed by atoms with Crippen LogP contribution in [0.3, 0.4) is 0 Å². The first-order valence-corrected chi connectivity index (χ1v) is 6.96. The molecule has 8 N–H and O–H groups in total. The molecule has 10 nitrogen and oxygen atoms in total. The van der Waals surface area contributed by atoms with Crippen LogP contribution < -0.4 is 0 Å². The highest BCUT2D eigenvalue weighted by Crippen LogP contribution is 2.28. The molecule has 1 aliphatic heterocycles. The molecule has 0 aromatic carbocycles. The third-order valence-electron chi connectivity index (χ3n) is 4.11. The van der Waals surface area contributed by atoms with Gasteiger partial charge in [0.25, 0.3) is 0 Å². The minimum atomic E-state index is -1.66. The third kappa shape index (κ3) is 3.26. The van der Waals surface area contributed by atoms with Crippen LogP contribution in [0.15, 0.2) is 0 Å². The summed E-state index contributed by atoms with van der Waals surface area (Å²) in [7, 11) is 0. The number of ether oxygens (including phenoxy) is 2. The highest BCUT2D eigenvalue weighted by atomic mass is 16.7. The van der Waals surface area contributed by atoms with Crippen LogP contribution in [-0.4, -0.2) is 109 Å². The van der Waals surface area contributed by atoms with Crippen molar-refractivity contribution in [3.05, 3.63) is 0 Å². The molecule has 1 aliphatic carbocycles. The average Bonchev–Trinajstić information content (AvgIpc) is 2.50. The van der Waals surface area contributed by atoms with Crippen LogP contribution in [0.25, 0.3) is 0 Å². The molecule has 2 rings (SSSR count). The molecule has 0 aromatic rings. The molecule has 10 unspecified atom stereocenters. The van der Waals surface area contributed by atoms with E-state index in [9.17, 15) is 35.7 Å². The lowest BCUT2D eigenvalue weighted by molar-refractivity contribution is -0.327. The van der Waals surface area contributed by atoms with Crippen LogP contribution in [0.1, 0.15) is 6.42 Å². The fraction of sp³-hybridized carbons (Fsp3) is 1.00. The largest absolute Gasteiger partial charge is 0.394 e. The highest BCUT2D eigenvalue weighted by molar-refractivity contribution is 4.95. The molecule has 2 fully saturated rings. The fourth-order valence-electron chi connectivity index (χ4n) is 2.65. The smallest absolute Gasteiger partial charge is 0.187 e. The van der Waals surface area contributed by atoms with E-state index in [0.717, 1.165) is 0 Å². The van der Waals surface area contributed by atoms with Crippen molar-refractivity contribution >= 4 is 0 Å². The van der Waals surface area contributed by atoms with Gasteiger partial charge in [-0.15, -0.1) is 0 Å². The predicted octanol–water partition coefficient (Wildman–Crippen LogP) is -4.98. The SMILES string of the molecule is OCC1OC(OC2CC(O)C(O)C(O)C2O)C(O)C(O)C1O. The number of rotatable bonds is 3. The first kappa shape index (κ1) is 17.9. The van der Waals surface area contributed by atoms with Crippen LogP contribution in [0.4, 0.5) is 0 Å². The van der Waals surface area contributed by atoms with E-state index in [1.165, 1.54) is 0 Å². The average molecular weight is 326 g/mol. The number of aliphatic hydroxyl groups is 8. The second kappa shape index (κ2) is 7.01. The molecule has 2 aliphatic rings. The summed E-state index contributed by atoms with van der Waals surface area (Å²) < 4.78 is 10.4. The lowest BCUT2D eigenvalue weighted by Gasteiger charge is -2.44. The maximum atomic E-state index is 9.84. The summed E-state index contributed by atoms with van der Waals surface area (Å²) in [4.78, 5) is 0. The van der Waals surface area contributed by atoms with Gasteiger partial charge in [-0.25, -0.2) is 0 Å². The van der Waals surface area contributed by atoms with E-state index >= 15 is 0 Å². The molecule has 1 saturated heterocycles. The van der Waals surface area contributed by atoms with Gasteiger partial charge in [-0.05, 0) is 0 Å². The van der Waals surface area contributed by atoms with Crippen molar-refractivity contribution in [2.75, 3.05) is 6.61 Å². The quantitative estimate of drug-likeness (QED) is 0.250. The van der Waals surface area contributed by atoms with Crippen LogP contribution in [0.5, 0.6) is 0 Å². The van der Waals surface area contributed by atoms with Gasteiger partial charge in [-0.3, -0.25) is 0 Å². The predicted molar refractivity (Wildman–Crippen MR) is 67.3 cm³/mol. The van der Waals surface area contributed by atoms with Crippen LogP contribution in [0.2, 0.25) is 0 Å². The molecule has 22 heavy (non-hydrogen) atoms. The Kier molecular flexibility index (Phi) is 5.72. The van der Waals surface area contributed by atoms with E-state index in [1.807, 2.05) is 0 Å². The van der Waals surface area contributed by atoms with E-state index in [2.05, 4.69) is 0 Å². The monoisotopic (exact) mass is 326 g/mol. The molecule has 10 heteroatoms. The minimum absolute atomic E-state index is 0.242. The zero-order valence-electron chi connectivity index (χ0n) is 11.6. The molecule has 10 atom stereocenters. The van der Waals surface area contributed by atoms with E-state index in [1.54, 1.807) is 0 Å². The zero-order chi connectivity index (χ0) is 16.6. The summed E-state index contributed by atoms with van der Waals surface area (Å²) in [6, 6.07) is 0. The molecule has 0 radical (unpaired) electrons. The van der Waals surface area contributed by atoms with Gasteiger partial charge in [0.2, 0.25) is 0 Å². The molecule has 0 spiro atoms. The Hall–Kier alpha value is -0.400. The Morgan fingerprint density at radius 1 is 0.773 bits per heavy atom. The Bertz CT molecular complexity index is 366. The Balaban J connectivity index is 2.05. The van der Waals surface area contributed by atoms with Gasteiger partial charge in [0.15, 0.2) is 6.29 Å². The number of hydrogen-bond donors (Lipinski definition) is 8. The summed E-state index contributed by atoms with van der Waals surface area (Å²) in [6.07, 6.45) is -15.0. The van der Waals surface area contributed by atoms with Gasteiger partial charge in [0.05, 0.1) is 18.8 Å². The standard InChI is InChI=1S/C12H22O10/c13-2-5-8(17)10(19)11(20)12(22-5)21-4-1-3(14)6(15)9(18)7(4)16/h3-20H,1-2H2. The molecule has 130 valence electrons. The van der Waals surface area contributed by atoms with Crippen LogP contribution >= 0.6 is 0 Å². The zero-order valence-corrected chi connectivity index (χ0v) is 11.6. The third-order valence-corrected chi connectivity index (χ3v) is 4.11. The van der Waals surface area contributed by atoms with E-state index < -0.39 is 67.8 Å². The van der Waals surface area contributed by atoms with Crippen molar-refractivity contribution in [2.24, 2.45) is 0 Å². The summed E-state index contributed by atoms with van der Waals surface area (Å²) >= 11 is 0. The minimum Gasteiger partial charge on any atom is -0.394 e. The number of hydrogen-bond acceptors (Lipinski definition) is 10. The van der Waals surface area contributed by atoms with Gasteiger partial charge in [-0.2, -0.15) is 0 Å². The molecular weight excluding hydrogens is 304 g/mol. The van der Waals surface area contributed by atoms with Crippen molar-refractivity contribution in [1.29, 1.82) is 0 Å². The summed E-state index contributed by atoms with van der Waals surface area (Å²) in [6.45, 7) is -0.637.